The van der Waals surface area contributed by atoms with Gasteiger partial charge in [0, 0.05) is 6.04 Å². The lowest BCUT2D eigenvalue weighted by Crippen LogP contribution is -2.20. The minimum absolute atomic E-state index is 0.306. The summed E-state index contributed by atoms with van der Waals surface area (Å²) in [5.41, 5.74) is 12.5. The molecule has 2 N–H and O–H groups in total. The highest BCUT2D eigenvalue weighted by Gasteiger charge is 2.22. The van der Waals surface area contributed by atoms with Crippen molar-refractivity contribution < 1.29 is 0 Å². The van der Waals surface area contributed by atoms with Crippen LogP contribution in [0.25, 0.3) is 0 Å². The predicted molar refractivity (Wildman–Crippen MR) is 63.0 cm³/mol. The van der Waals surface area contributed by atoms with Crippen molar-refractivity contribution in [2.24, 2.45) is 5.73 Å². The second-order valence-electron chi connectivity index (χ2n) is 4.98. The minimum Gasteiger partial charge on any atom is -0.324 e. The van der Waals surface area contributed by atoms with Crippen LogP contribution in [0, 0.1) is 0 Å². The molecule has 0 spiro atoms. The van der Waals surface area contributed by atoms with Crippen LogP contribution in [-0.2, 0) is 19.3 Å². The topological polar surface area (TPSA) is 26.0 Å². The van der Waals surface area contributed by atoms with Crippen molar-refractivity contribution >= 4 is 0 Å². The van der Waals surface area contributed by atoms with E-state index in [0.29, 0.717) is 6.04 Å². The first-order valence-electron chi connectivity index (χ1n) is 6.25. The molecule has 1 atom stereocenters. The molecule has 0 fully saturated rings. The molecule has 2 aliphatic rings. The smallest absolute Gasteiger partial charge is 0.0297 e. The Morgan fingerprint density at radius 3 is 2.67 bits per heavy atom. The lowest BCUT2D eigenvalue weighted by Gasteiger charge is -2.28. The molecule has 3 rings (SSSR count). The van der Waals surface area contributed by atoms with Gasteiger partial charge in [-0.05, 0) is 67.2 Å². The molecule has 0 saturated carbocycles. The zero-order valence-corrected chi connectivity index (χ0v) is 9.26. The molecular weight excluding hydrogens is 182 g/mol. The maximum atomic E-state index is 6.18. The van der Waals surface area contributed by atoms with Crippen molar-refractivity contribution in [3.05, 3.63) is 34.4 Å². The third-order valence-corrected chi connectivity index (χ3v) is 4.03. The molecule has 1 heteroatoms. The highest BCUT2D eigenvalue weighted by atomic mass is 14.6. The second kappa shape index (κ2) is 3.64. The number of hydrogen-bond acceptors (Lipinski definition) is 1. The third-order valence-electron chi connectivity index (χ3n) is 4.03. The van der Waals surface area contributed by atoms with Crippen LogP contribution >= 0.6 is 0 Å². The standard InChI is InChI=1S/C14H19N/c15-14-7-3-6-12-11-5-2-1-4-10(11)8-9-13(12)14/h8-9,14H,1-7,15H2. The summed E-state index contributed by atoms with van der Waals surface area (Å²) in [5.74, 6) is 0. The van der Waals surface area contributed by atoms with Gasteiger partial charge in [0.1, 0.15) is 0 Å². The number of fused-ring (bicyclic) bond motifs is 3. The lowest BCUT2D eigenvalue weighted by molar-refractivity contribution is 0.559. The van der Waals surface area contributed by atoms with E-state index in [1.54, 1.807) is 16.7 Å². The van der Waals surface area contributed by atoms with Crippen molar-refractivity contribution in [3.8, 4) is 0 Å². The van der Waals surface area contributed by atoms with Gasteiger partial charge < -0.3 is 5.73 Å². The molecule has 0 aliphatic heterocycles. The van der Waals surface area contributed by atoms with Crippen LogP contribution < -0.4 is 5.73 Å². The Hall–Kier alpha value is -0.820. The van der Waals surface area contributed by atoms with E-state index < -0.39 is 0 Å². The van der Waals surface area contributed by atoms with Gasteiger partial charge in [-0.25, -0.2) is 0 Å². The van der Waals surface area contributed by atoms with Crippen molar-refractivity contribution in [2.45, 2.75) is 51.0 Å². The molecule has 1 unspecified atom stereocenters. The summed E-state index contributed by atoms with van der Waals surface area (Å²) in [5, 5.41) is 0. The molecule has 0 radical (unpaired) electrons. The summed E-state index contributed by atoms with van der Waals surface area (Å²) in [6, 6.07) is 4.93. The van der Waals surface area contributed by atoms with Gasteiger partial charge in [0.15, 0.2) is 0 Å². The predicted octanol–water partition coefficient (Wildman–Crippen LogP) is 2.90. The van der Waals surface area contributed by atoms with Gasteiger partial charge in [-0.2, -0.15) is 0 Å². The third kappa shape index (κ3) is 1.50. The van der Waals surface area contributed by atoms with E-state index in [0.717, 1.165) is 0 Å². The SMILES string of the molecule is NC1CCCc2c1ccc1c2CCCC1. The van der Waals surface area contributed by atoms with Crippen LogP contribution in [0.15, 0.2) is 12.1 Å². The van der Waals surface area contributed by atoms with Crippen LogP contribution in [0.2, 0.25) is 0 Å². The first kappa shape index (κ1) is 9.41. The molecule has 0 bridgehead atoms. The van der Waals surface area contributed by atoms with E-state index in [4.69, 9.17) is 5.73 Å². The molecule has 1 aromatic rings. The van der Waals surface area contributed by atoms with E-state index in [1.807, 2.05) is 0 Å². The molecule has 0 heterocycles. The number of benzene rings is 1. The molecule has 2 aliphatic carbocycles. The Morgan fingerprint density at radius 2 is 1.73 bits per heavy atom. The molecule has 1 aromatic carbocycles. The Labute approximate surface area is 91.7 Å². The second-order valence-corrected chi connectivity index (χ2v) is 4.98. The molecule has 0 aromatic heterocycles. The molecule has 0 saturated heterocycles. The molecule has 1 nitrogen and oxygen atoms in total. The van der Waals surface area contributed by atoms with E-state index in [-0.39, 0.29) is 0 Å². The molecule has 0 amide bonds. The summed E-state index contributed by atoms with van der Waals surface area (Å²) in [4.78, 5) is 0. The van der Waals surface area contributed by atoms with Crippen LogP contribution in [0.4, 0.5) is 0 Å². The van der Waals surface area contributed by atoms with Crippen LogP contribution in [0.1, 0.15) is 54.0 Å². The van der Waals surface area contributed by atoms with E-state index >= 15 is 0 Å². The number of nitrogens with two attached hydrogens (primary N) is 1. The van der Waals surface area contributed by atoms with Gasteiger partial charge in [-0.15, -0.1) is 0 Å². The normalized spacial score (nSPS) is 24.5. The van der Waals surface area contributed by atoms with E-state index in [1.165, 1.54) is 50.5 Å². The molecular formula is C14H19N. The van der Waals surface area contributed by atoms with Gasteiger partial charge in [-0.3, -0.25) is 0 Å². The van der Waals surface area contributed by atoms with Gasteiger partial charge in [-0.1, -0.05) is 12.1 Å². The Balaban J connectivity index is 2.13. The number of hydrogen-bond donors (Lipinski definition) is 1. The average molecular weight is 201 g/mol. The summed E-state index contributed by atoms with van der Waals surface area (Å²) in [6.45, 7) is 0. The molecule has 80 valence electrons. The molecule has 15 heavy (non-hydrogen) atoms. The summed E-state index contributed by atoms with van der Waals surface area (Å²) in [7, 11) is 0. The zero-order chi connectivity index (χ0) is 10.3. The first-order chi connectivity index (χ1) is 7.36. The summed E-state index contributed by atoms with van der Waals surface area (Å²) in [6.07, 6.45) is 9.06. The van der Waals surface area contributed by atoms with Gasteiger partial charge in [0.2, 0.25) is 0 Å². The van der Waals surface area contributed by atoms with Crippen molar-refractivity contribution in [1.82, 2.24) is 0 Å². The first-order valence-corrected chi connectivity index (χ1v) is 6.25. The van der Waals surface area contributed by atoms with Gasteiger partial charge in [0.25, 0.3) is 0 Å². The van der Waals surface area contributed by atoms with Crippen molar-refractivity contribution in [1.29, 1.82) is 0 Å². The highest BCUT2D eigenvalue weighted by Crippen LogP contribution is 2.34. The number of rotatable bonds is 0. The summed E-state index contributed by atoms with van der Waals surface area (Å²) < 4.78 is 0. The van der Waals surface area contributed by atoms with Crippen LogP contribution in [0.5, 0.6) is 0 Å². The van der Waals surface area contributed by atoms with Crippen LogP contribution in [0.3, 0.4) is 0 Å². The minimum atomic E-state index is 0.306. The Bertz CT molecular complexity index is 381. The largest absolute Gasteiger partial charge is 0.324 e. The van der Waals surface area contributed by atoms with Crippen LogP contribution in [-0.4, -0.2) is 0 Å². The maximum absolute atomic E-state index is 6.18. The fourth-order valence-electron chi connectivity index (χ4n) is 3.22. The fourth-order valence-corrected chi connectivity index (χ4v) is 3.22. The van der Waals surface area contributed by atoms with E-state index in [9.17, 15) is 0 Å². The van der Waals surface area contributed by atoms with Crippen molar-refractivity contribution in [2.75, 3.05) is 0 Å². The monoisotopic (exact) mass is 201 g/mol. The van der Waals surface area contributed by atoms with Crippen molar-refractivity contribution in [3.63, 3.8) is 0 Å². The quantitative estimate of drug-likeness (QED) is 0.686. The average Bonchev–Trinajstić information content (AvgIpc) is 2.29. The van der Waals surface area contributed by atoms with E-state index in [2.05, 4.69) is 12.1 Å². The lowest BCUT2D eigenvalue weighted by atomic mass is 9.79. The fraction of sp³-hybridized carbons (Fsp3) is 0.571. The van der Waals surface area contributed by atoms with Gasteiger partial charge >= 0.3 is 0 Å². The summed E-state index contributed by atoms with van der Waals surface area (Å²) >= 11 is 0. The van der Waals surface area contributed by atoms with Gasteiger partial charge in [0.05, 0.1) is 0 Å². The number of aryl methyl sites for hydroxylation is 1. The maximum Gasteiger partial charge on any atom is 0.0297 e. The zero-order valence-electron chi connectivity index (χ0n) is 9.26. The Morgan fingerprint density at radius 1 is 0.933 bits per heavy atom. The Kier molecular flexibility index (Phi) is 2.28. The highest BCUT2D eigenvalue weighted by molar-refractivity contribution is 5.45.